The van der Waals surface area contributed by atoms with Crippen molar-refractivity contribution in [2.24, 2.45) is 5.73 Å². The first-order chi connectivity index (χ1) is 9.22. The van der Waals surface area contributed by atoms with Gasteiger partial charge in [-0.05, 0) is 36.5 Å². The number of rotatable bonds is 4. The molecule has 1 unspecified atom stereocenters. The van der Waals surface area contributed by atoms with Crippen molar-refractivity contribution in [2.75, 3.05) is 0 Å². The SMILES string of the molecule is NC(Cc1ccccc1Cl)C1(c2ccccc2)CC1. The van der Waals surface area contributed by atoms with E-state index in [9.17, 15) is 0 Å². The van der Waals surface area contributed by atoms with Crippen LogP contribution >= 0.6 is 11.6 Å². The van der Waals surface area contributed by atoms with Gasteiger partial charge in [-0.25, -0.2) is 0 Å². The molecule has 2 heteroatoms. The third kappa shape index (κ3) is 2.41. The molecule has 0 spiro atoms. The zero-order valence-electron chi connectivity index (χ0n) is 10.9. The molecule has 19 heavy (non-hydrogen) atoms. The summed E-state index contributed by atoms with van der Waals surface area (Å²) in [5.74, 6) is 0. The van der Waals surface area contributed by atoms with E-state index < -0.39 is 0 Å². The maximum atomic E-state index is 6.49. The summed E-state index contributed by atoms with van der Waals surface area (Å²) in [6.45, 7) is 0. The van der Waals surface area contributed by atoms with E-state index in [4.69, 9.17) is 17.3 Å². The predicted molar refractivity (Wildman–Crippen MR) is 80.5 cm³/mol. The van der Waals surface area contributed by atoms with E-state index >= 15 is 0 Å². The Morgan fingerprint density at radius 1 is 1.00 bits per heavy atom. The van der Waals surface area contributed by atoms with Crippen LogP contribution in [0.15, 0.2) is 54.6 Å². The van der Waals surface area contributed by atoms with Gasteiger partial charge in [0.25, 0.3) is 0 Å². The molecule has 3 rings (SSSR count). The lowest BCUT2D eigenvalue weighted by Gasteiger charge is -2.24. The monoisotopic (exact) mass is 271 g/mol. The molecule has 0 amide bonds. The average molecular weight is 272 g/mol. The van der Waals surface area contributed by atoms with E-state index in [-0.39, 0.29) is 11.5 Å². The Kier molecular flexibility index (Phi) is 3.34. The number of halogens is 1. The molecule has 0 heterocycles. The number of hydrogen-bond donors (Lipinski definition) is 1. The molecule has 1 aliphatic carbocycles. The smallest absolute Gasteiger partial charge is 0.0438 e. The Balaban J connectivity index is 1.82. The molecule has 0 saturated heterocycles. The van der Waals surface area contributed by atoms with Crippen molar-refractivity contribution >= 4 is 11.6 Å². The second kappa shape index (κ2) is 4.99. The van der Waals surface area contributed by atoms with E-state index in [1.807, 2.05) is 18.2 Å². The highest BCUT2D eigenvalue weighted by atomic mass is 35.5. The molecule has 1 fully saturated rings. The fourth-order valence-corrected chi connectivity index (χ4v) is 3.09. The lowest BCUT2D eigenvalue weighted by atomic mass is 9.85. The van der Waals surface area contributed by atoms with Gasteiger partial charge in [-0.1, -0.05) is 60.1 Å². The van der Waals surface area contributed by atoms with Crippen LogP contribution in [0.3, 0.4) is 0 Å². The quantitative estimate of drug-likeness (QED) is 0.896. The lowest BCUT2D eigenvalue weighted by molar-refractivity contribution is 0.514. The summed E-state index contributed by atoms with van der Waals surface area (Å²) in [6.07, 6.45) is 3.21. The van der Waals surface area contributed by atoms with Gasteiger partial charge in [-0.3, -0.25) is 0 Å². The van der Waals surface area contributed by atoms with E-state index in [1.165, 1.54) is 18.4 Å². The van der Waals surface area contributed by atoms with Crippen LogP contribution in [0.4, 0.5) is 0 Å². The van der Waals surface area contributed by atoms with Crippen molar-refractivity contribution < 1.29 is 0 Å². The molecule has 1 nitrogen and oxygen atoms in total. The van der Waals surface area contributed by atoms with Crippen molar-refractivity contribution in [1.29, 1.82) is 0 Å². The Bertz CT molecular complexity index is 560. The first kappa shape index (κ1) is 12.7. The van der Waals surface area contributed by atoms with Crippen LogP contribution in [0.2, 0.25) is 5.02 Å². The average Bonchev–Trinajstić information content (AvgIpc) is 3.24. The summed E-state index contributed by atoms with van der Waals surface area (Å²) >= 11 is 6.23. The highest BCUT2D eigenvalue weighted by Crippen LogP contribution is 2.51. The van der Waals surface area contributed by atoms with Gasteiger partial charge in [0.05, 0.1) is 0 Å². The second-order valence-electron chi connectivity index (χ2n) is 5.42. The topological polar surface area (TPSA) is 26.0 Å². The number of benzene rings is 2. The van der Waals surface area contributed by atoms with Gasteiger partial charge in [-0.15, -0.1) is 0 Å². The zero-order chi connectivity index (χ0) is 13.3. The lowest BCUT2D eigenvalue weighted by Crippen LogP contribution is -2.36. The van der Waals surface area contributed by atoms with Gasteiger partial charge in [0.15, 0.2) is 0 Å². The minimum Gasteiger partial charge on any atom is -0.327 e. The minimum absolute atomic E-state index is 0.134. The summed E-state index contributed by atoms with van der Waals surface area (Å²) in [5, 5.41) is 0.821. The van der Waals surface area contributed by atoms with E-state index in [1.54, 1.807) is 0 Å². The van der Waals surface area contributed by atoms with E-state index in [0.717, 1.165) is 17.0 Å². The second-order valence-corrected chi connectivity index (χ2v) is 5.83. The van der Waals surface area contributed by atoms with Crippen molar-refractivity contribution in [1.82, 2.24) is 0 Å². The Morgan fingerprint density at radius 2 is 1.63 bits per heavy atom. The zero-order valence-corrected chi connectivity index (χ0v) is 11.6. The summed E-state index contributed by atoms with van der Waals surface area (Å²) < 4.78 is 0. The molecule has 2 aromatic rings. The first-order valence-electron chi connectivity index (χ1n) is 6.77. The van der Waals surface area contributed by atoms with Crippen molar-refractivity contribution in [2.45, 2.75) is 30.7 Å². The fourth-order valence-electron chi connectivity index (χ4n) is 2.87. The van der Waals surface area contributed by atoms with Gasteiger partial charge in [-0.2, -0.15) is 0 Å². The number of nitrogens with two attached hydrogens (primary N) is 1. The van der Waals surface area contributed by atoms with Crippen LogP contribution in [0.25, 0.3) is 0 Å². The highest BCUT2D eigenvalue weighted by Gasteiger charge is 2.48. The highest BCUT2D eigenvalue weighted by molar-refractivity contribution is 6.31. The third-order valence-electron chi connectivity index (χ3n) is 4.24. The molecule has 1 saturated carbocycles. The standard InChI is InChI=1S/C17H18ClN/c18-15-9-5-4-6-13(15)12-16(19)17(10-11-17)14-7-2-1-3-8-14/h1-9,16H,10-12,19H2. The molecule has 2 N–H and O–H groups in total. The van der Waals surface area contributed by atoms with Crippen LogP contribution < -0.4 is 5.73 Å². The molecule has 0 bridgehead atoms. The molecule has 1 aliphatic rings. The fraction of sp³-hybridized carbons (Fsp3) is 0.294. The van der Waals surface area contributed by atoms with Crippen LogP contribution in [-0.4, -0.2) is 6.04 Å². The van der Waals surface area contributed by atoms with Crippen LogP contribution in [0.5, 0.6) is 0 Å². The summed E-state index contributed by atoms with van der Waals surface area (Å²) in [5.41, 5.74) is 9.18. The summed E-state index contributed by atoms with van der Waals surface area (Å²) in [6, 6.07) is 18.8. The van der Waals surface area contributed by atoms with Gasteiger partial charge in [0.1, 0.15) is 0 Å². The Hall–Kier alpha value is -1.31. The third-order valence-corrected chi connectivity index (χ3v) is 4.61. The van der Waals surface area contributed by atoms with Gasteiger partial charge in [0.2, 0.25) is 0 Å². The van der Waals surface area contributed by atoms with E-state index in [0.29, 0.717) is 0 Å². The molecule has 2 aromatic carbocycles. The van der Waals surface area contributed by atoms with Gasteiger partial charge < -0.3 is 5.73 Å². The maximum Gasteiger partial charge on any atom is 0.0438 e. The first-order valence-corrected chi connectivity index (χ1v) is 7.15. The van der Waals surface area contributed by atoms with Crippen LogP contribution in [0.1, 0.15) is 24.0 Å². The minimum atomic E-state index is 0.134. The van der Waals surface area contributed by atoms with E-state index in [2.05, 4.69) is 36.4 Å². The van der Waals surface area contributed by atoms with Crippen molar-refractivity contribution in [3.63, 3.8) is 0 Å². The maximum absolute atomic E-state index is 6.49. The molecule has 98 valence electrons. The Morgan fingerprint density at radius 3 is 2.26 bits per heavy atom. The number of hydrogen-bond acceptors (Lipinski definition) is 1. The summed E-state index contributed by atoms with van der Waals surface area (Å²) in [4.78, 5) is 0. The molecule has 0 aromatic heterocycles. The van der Waals surface area contributed by atoms with Crippen LogP contribution in [0, 0.1) is 0 Å². The normalized spacial score (nSPS) is 18.0. The van der Waals surface area contributed by atoms with Crippen molar-refractivity contribution in [3.05, 3.63) is 70.7 Å². The molecular formula is C17H18ClN. The van der Waals surface area contributed by atoms with Crippen molar-refractivity contribution in [3.8, 4) is 0 Å². The van der Waals surface area contributed by atoms with Crippen LogP contribution in [-0.2, 0) is 11.8 Å². The van der Waals surface area contributed by atoms with Gasteiger partial charge in [0, 0.05) is 16.5 Å². The van der Waals surface area contributed by atoms with Gasteiger partial charge >= 0.3 is 0 Å². The predicted octanol–water partition coefficient (Wildman–Crippen LogP) is 3.94. The largest absolute Gasteiger partial charge is 0.327 e. The Labute approximate surface area is 119 Å². The molecule has 0 aliphatic heterocycles. The molecule has 1 atom stereocenters. The summed E-state index contributed by atoms with van der Waals surface area (Å²) in [7, 11) is 0. The molecular weight excluding hydrogens is 254 g/mol. The molecule has 0 radical (unpaired) electrons.